The van der Waals surface area contributed by atoms with E-state index in [1.54, 1.807) is 0 Å². The second kappa shape index (κ2) is 36.3. The van der Waals surface area contributed by atoms with E-state index in [9.17, 15) is 14.7 Å². The van der Waals surface area contributed by atoms with Crippen LogP contribution in [-0.4, -0.2) is 54.1 Å². The lowest BCUT2D eigenvalue weighted by atomic mass is 10.0. The highest BCUT2D eigenvalue weighted by Crippen LogP contribution is 2.17. The largest absolute Gasteiger partial charge is 0.462 e. The number of hydrogen-bond donors (Lipinski definition) is 3. The van der Waals surface area contributed by atoms with Gasteiger partial charge in [0, 0.05) is 13.0 Å². The van der Waals surface area contributed by atoms with Crippen molar-refractivity contribution in [1.82, 2.24) is 5.32 Å². The second-order valence-corrected chi connectivity index (χ2v) is 13.4. The monoisotopic (exact) mass is 678 g/mol. The molecule has 7 heteroatoms. The average molecular weight is 678 g/mol. The first-order chi connectivity index (χ1) is 23.5. The van der Waals surface area contributed by atoms with E-state index in [0.717, 1.165) is 37.7 Å². The van der Waals surface area contributed by atoms with E-state index in [1.807, 2.05) is 37.3 Å². The topological polar surface area (TPSA) is 105 Å². The number of hydrogen-bond acceptors (Lipinski definition) is 6. The Morgan fingerprint density at radius 2 is 1.15 bits per heavy atom. The highest BCUT2D eigenvalue weighted by Gasteiger charge is 2.20. The van der Waals surface area contributed by atoms with Crippen LogP contribution in [0, 0.1) is 0 Å². The summed E-state index contributed by atoms with van der Waals surface area (Å²) in [6.07, 6.45) is 26.3. The van der Waals surface area contributed by atoms with Gasteiger partial charge in [-0.1, -0.05) is 167 Å². The van der Waals surface area contributed by atoms with Gasteiger partial charge in [0.15, 0.2) is 0 Å². The molecule has 280 valence electrons. The van der Waals surface area contributed by atoms with E-state index in [4.69, 9.17) is 14.6 Å². The molecule has 1 amide bonds. The smallest absolute Gasteiger partial charge is 0.306 e. The van der Waals surface area contributed by atoms with Crippen molar-refractivity contribution in [2.45, 2.75) is 194 Å². The molecule has 48 heavy (non-hydrogen) atoms. The van der Waals surface area contributed by atoms with Gasteiger partial charge in [0.1, 0.15) is 6.10 Å². The maximum absolute atomic E-state index is 12.9. The van der Waals surface area contributed by atoms with Crippen molar-refractivity contribution >= 4 is 11.9 Å². The third kappa shape index (κ3) is 31.3. The lowest BCUT2D eigenvalue weighted by Gasteiger charge is -2.21. The molecular formula is C41H75NO6. The van der Waals surface area contributed by atoms with Crippen LogP contribution >= 0.6 is 0 Å². The van der Waals surface area contributed by atoms with Gasteiger partial charge in [-0.25, -0.2) is 0 Å². The third-order valence-corrected chi connectivity index (χ3v) is 8.56. The van der Waals surface area contributed by atoms with Crippen molar-refractivity contribution in [2.24, 2.45) is 0 Å². The Morgan fingerprint density at radius 3 is 1.62 bits per heavy atom. The minimum atomic E-state index is -0.494. The van der Waals surface area contributed by atoms with Crippen molar-refractivity contribution in [3.05, 3.63) is 35.9 Å². The zero-order chi connectivity index (χ0) is 35.3. The molecule has 0 spiro atoms. The van der Waals surface area contributed by atoms with Crippen molar-refractivity contribution in [3.63, 3.8) is 0 Å². The van der Waals surface area contributed by atoms with Crippen molar-refractivity contribution in [1.29, 1.82) is 0 Å². The summed E-state index contributed by atoms with van der Waals surface area (Å²) in [7, 11) is 0. The first kappa shape index (κ1) is 46.0. The first-order valence-corrected chi connectivity index (χ1v) is 19.8. The van der Waals surface area contributed by atoms with E-state index in [-0.39, 0.29) is 31.5 Å². The Morgan fingerprint density at radius 1 is 0.667 bits per heavy atom. The fourth-order valence-electron chi connectivity index (χ4n) is 5.59. The van der Waals surface area contributed by atoms with Crippen LogP contribution in [0.15, 0.2) is 30.3 Å². The van der Waals surface area contributed by atoms with Gasteiger partial charge in [-0.15, -0.1) is 0 Å². The average Bonchev–Trinajstić information content (AvgIpc) is 3.09. The molecule has 2 atom stereocenters. The van der Waals surface area contributed by atoms with E-state index in [2.05, 4.69) is 19.2 Å². The molecule has 0 aliphatic carbocycles. The zero-order valence-electron chi connectivity index (χ0n) is 31.4. The Bertz CT molecular complexity index is 818. The fraction of sp³-hybridized carbons (Fsp3) is 0.805. The van der Waals surface area contributed by atoms with Crippen LogP contribution in [0.5, 0.6) is 0 Å². The number of amides is 1. The molecule has 1 rings (SSSR count). The molecule has 0 aliphatic rings. The molecular weight excluding hydrogens is 602 g/mol. The van der Waals surface area contributed by atoms with Crippen LogP contribution in [0.2, 0.25) is 0 Å². The van der Waals surface area contributed by atoms with Gasteiger partial charge in [0.25, 0.3) is 0 Å². The van der Waals surface area contributed by atoms with Gasteiger partial charge >= 0.3 is 5.97 Å². The maximum atomic E-state index is 12.9. The number of rotatable bonds is 32. The van der Waals surface area contributed by atoms with E-state index in [1.165, 1.54) is 103 Å². The normalized spacial score (nSPS) is 12.2. The van der Waals surface area contributed by atoms with Gasteiger partial charge < -0.3 is 25.0 Å². The van der Waals surface area contributed by atoms with Crippen molar-refractivity contribution in [3.8, 4) is 0 Å². The summed E-state index contributed by atoms with van der Waals surface area (Å²) >= 11 is 0. The molecule has 1 aromatic carbocycles. The van der Waals surface area contributed by atoms with Crippen LogP contribution < -0.4 is 5.32 Å². The summed E-state index contributed by atoms with van der Waals surface area (Å²) in [4.78, 5) is 25.6. The summed E-state index contributed by atoms with van der Waals surface area (Å²) in [5, 5.41) is 20.5. The van der Waals surface area contributed by atoms with Crippen LogP contribution in [0.4, 0.5) is 0 Å². The molecule has 0 heterocycles. The SMILES string of the molecule is CCCCCCCCCCCCCC(=O)O[C@H](CCCCCCCCCCC)CC(=O)N[C@H](CO)COCc1ccccc1.CCCO. The van der Waals surface area contributed by atoms with Crippen LogP contribution in [0.25, 0.3) is 0 Å². The van der Waals surface area contributed by atoms with Crippen LogP contribution in [-0.2, 0) is 25.7 Å². The lowest BCUT2D eigenvalue weighted by molar-refractivity contribution is -0.151. The summed E-state index contributed by atoms with van der Waals surface area (Å²) in [6, 6.07) is 9.33. The van der Waals surface area contributed by atoms with Gasteiger partial charge in [-0.05, 0) is 31.2 Å². The number of benzene rings is 1. The standard InChI is InChI=1S/C38H67NO5.C3H8O/c1-3-5-7-9-11-13-14-16-18-20-25-29-38(42)44-36(28-24-19-17-15-12-10-8-6-4-2)30-37(41)39-35(31-40)33-43-32-34-26-22-21-23-27-34;1-2-3-4/h21-23,26-27,35-36,40H,3-20,24-25,28-33H2,1-2H3,(H,39,41);4H,2-3H2,1H3/t35-,36-;/m1./s1. The number of esters is 1. The van der Waals surface area contributed by atoms with E-state index < -0.39 is 12.1 Å². The van der Waals surface area contributed by atoms with Gasteiger partial charge in [-0.2, -0.15) is 0 Å². The highest BCUT2D eigenvalue weighted by atomic mass is 16.5. The van der Waals surface area contributed by atoms with Crippen LogP contribution in [0.3, 0.4) is 0 Å². The number of unbranched alkanes of at least 4 members (excludes halogenated alkanes) is 18. The van der Waals surface area contributed by atoms with E-state index in [0.29, 0.717) is 26.1 Å². The predicted molar refractivity (Wildman–Crippen MR) is 200 cm³/mol. The molecule has 3 N–H and O–H groups in total. The highest BCUT2D eigenvalue weighted by molar-refractivity contribution is 5.77. The van der Waals surface area contributed by atoms with Gasteiger partial charge in [0.2, 0.25) is 5.91 Å². The Hall–Kier alpha value is -1.96. The molecule has 1 aromatic rings. The number of aliphatic hydroxyl groups is 2. The number of carbonyl (C=O) groups is 2. The number of carbonyl (C=O) groups excluding carboxylic acids is 2. The number of aliphatic hydroxyl groups excluding tert-OH is 2. The summed E-state index contributed by atoms with van der Waals surface area (Å²) in [6.45, 7) is 7.18. The number of ether oxygens (including phenoxy) is 2. The first-order valence-electron chi connectivity index (χ1n) is 19.8. The molecule has 0 saturated carbocycles. The molecule has 0 saturated heterocycles. The second-order valence-electron chi connectivity index (χ2n) is 13.4. The summed E-state index contributed by atoms with van der Waals surface area (Å²) in [5.74, 6) is -0.407. The molecule has 0 aromatic heterocycles. The molecule has 0 unspecified atom stereocenters. The molecule has 0 fully saturated rings. The summed E-state index contributed by atoms with van der Waals surface area (Å²) < 4.78 is 11.6. The zero-order valence-corrected chi connectivity index (χ0v) is 31.4. The molecule has 0 radical (unpaired) electrons. The predicted octanol–water partition coefficient (Wildman–Crippen LogP) is 9.99. The Labute approximate surface area is 295 Å². The summed E-state index contributed by atoms with van der Waals surface area (Å²) in [5.41, 5.74) is 1.04. The van der Waals surface area contributed by atoms with Crippen molar-refractivity contribution < 1.29 is 29.3 Å². The van der Waals surface area contributed by atoms with Gasteiger partial charge in [0.05, 0.1) is 32.3 Å². The fourth-order valence-corrected chi connectivity index (χ4v) is 5.59. The van der Waals surface area contributed by atoms with E-state index >= 15 is 0 Å². The lowest BCUT2D eigenvalue weighted by Crippen LogP contribution is -2.42. The Balaban J connectivity index is 0.00000520. The minimum absolute atomic E-state index is 0.121. The molecule has 0 aliphatic heterocycles. The molecule has 0 bridgehead atoms. The number of nitrogens with one attached hydrogen (secondary N) is 1. The van der Waals surface area contributed by atoms with Gasteiger partial charge in [-0.3, -0.25) is 9.59 Å². The Kier molecular flexibility index (Phi) is 34.8. The quantitative estimate of drug-likeness (QED) is 0.0518. The maximum Gasteiger partial charge on any atom is 0.306 e. The molecule has 7 nitrogen and oxygen atoms in total. The third-order valence-electron chi connectivity index (χ3n) is 8.56. The van der Waals surface area contributed by atoms with Crippen LogP contribution in [0.1, 0.15) is 180 Å². The minimum Gasteiger partial charge on any atom is -0.462 e. The van der Waals surface area contributed by atoms with Crippen molar-refractivity contribution in [2.75, 3.05) is 19.8 Å².